The molecule has 0 bridgehead atoms. The molecule has 5 heteroatoms. The summed E-state index contributed by atoms with van der Waals surface area (Å²) in [5.74, 6) is 2.42. The average Bonchev–Trinajstić information content (AvgIpc) is 3.60. The normalized spacial score (nSPS) is 11.8. The molecule has 258 valence electrons. The standard InChI is InChI=1S/C47H44N4O/c1-29-22-37(51-33(5)46(32(4)49-51)45-30(2)24-35(25-31(45)3)34-14-10-9-11-15-34)27-39(23-29)52-38-18-19-41-40-16-12-13-17-42(40)50(43(41)28-38)44-26-36(20-21-48-44)47(6,7)8/h9-28H,1-8H3. The number of ether oxygens (including phenoxy) is 1. The quantitative estimate of drug-likeness (QED) is 0.176. The topological polar surface area (TPSA) is 44.9 Å². The molecule has 0 aliphatic carbocycles. The Kier molecular flexibility index (Phi) is 8.10. The maximum atomic E-state index is 6.67. The fourth-order valence-corrected chi connectivity index (χ4v) is 7.72. The largest absolute Gasteiger partial charge is 0.457 e. The van der Waals surface area contributed by atoms with Gasteiger partial charge in [0.15, 0.2) is 0 Å². The smallest absolute Gasteiger partial charge is 0.137 e. The van der Waals surface area contributed by atoms with Crippen LogP contribution in [-0.2, 0) is 5.41 Å². The van der Waals surface area contributed by atoms with Crippen molar-refractivity contribution in [2.24, 2.45) is 0 Å². The number of para-hydroxylation sites is 1. The molecule has 0 spiro atoms. The van der Waals surface area contributed by atoms with Gasteiger partial charge in [-0.05, 0) is 121 Å². The molecule has 8 rings (SSSR count). The van der Waals surface area contributed by atoms with Crippen LogP contribution in [0, 0.1) is 34.6 Å². The van der Waals surface area contributed by atoms with Crippen molar-refractivity contribution < 1.29 is 4.74 Å². The molecule has 0 aliphatic rings. The Morgan fingerprint density at radius 1 is 0.596 bits per heavy atom. The molecule has 3 heterocycles. The summed E-state index contributed by atoms with van der Waals surface area (Å²) in [6.07, 6.45) is 1.91. The van der Waals surface area contributed by atoms with E-state index in [4.69, 9.17) is 14.8 Å². The predicted molar refractivity (Wildman–Crippen MR) is 215 cm³/mol. The number of aromatic nitrogens is 4. The van der Waals surface area contributed by atoms with Gasteiger partial charge in [-0.15, -0.1) is 0 Å². The monoisotopic (exact) mass is 680 g/mol. The van der Waals surface area contributed by atoms with E-state index < -0.39 is 0 Å². The molecule has 3 aromatic heterocycles. The molecular formula is C47H44N4O. The van der Waals surface area contributed by atoms with Crippen molar-refractivity contribution in [3.05, 3.63) is 155 Å². The molecule has 0 radical (unpaired) electrons. The summed E-state index contributed by atoms with van der Waals surface area (Å²) in [6.45, 7) is 17.5. The number of pyridine rings is 1. The van der Waals surface area contributed by atoms with Crippen molar-refractivity contribution in [3.8, 4) is 45.3 Å². The van der Waals surface area contributed by atoms with E-state index in [0.29, 0.717) is 0 Å². The number of fused-ring (bicyclic) bond motifs is 3. The van der Waals surface area contributed by atoms with E-state index in [1.807, 2.05) is 6.20 Å². The molecule has 5 aromatic carbocycles. The third kappa shape index (κ3) is 5.86. The van der Waals surface area contributed by atoms with E-state index in [1.54, 1.807) is 0 Å². The molecule has 0 saturated heterocycles. The molecule has 0 atom stereocenters. The van der Waals surface area contributed by atoms with Crippen LogP contribution in [0.15, 0.2) is 121 Å². The summed E-state index contributed by atoms with van der Waals surface area (Å²) in [4.78, 5) is 4.85. The predicted octanol–water partition coefficient (Wildman–Crippen LogP) is 12.3. The van der Waals surface area contributed by atoms with Gasteiger partial charge in [0.25, 0.3) is 0 Å². The first-order chi connectivity index (χ1) is 25.0. The van der Waals surface area contributed by atoms with Crippen LogP contribution >= 0.6 is 0 Å². The van der Waals surface area contributed by atoms with Gasteiger partial charge in [-0.1, -0.05) is 81.4 Å². The third-order valence-corrected chi connectivity index (χ3v) is 10.2. The zero-order valence-electron chi connectivity index (χ0n) is 31.2. The lowest BCUT2D eigenvalue weighted by Crippen LogP contribution is -2.12. The molecule has 0 fully saturated rings. The third-order valence-electron chi connectivity index (χ3n) is 10.2. The molecule has 0 aliphatic heterocycles. The average molecular weight is 681 g/mol. The minimum atomic E-state index is 0.00445. The lowest BCUT2D eigenvalue weighted by Gasteiger charge is -2.20. The summed E-state index contributed by atoms with van der Waals surface area (Å²) in [5, 5.41) is 7.44. The van der Waals surface area contributed by atoms with Crippen LogP contribution in [0.4, 0.5) is 0 Å². The highest BCUT2D eigenvalue weighted by Gasteiger charge is 2.21. The summed E-state index contributed by atoms with van der Waals surface area (Å²) in [5.41, 5.74) is 15.0. The van der Waals surface area contributed by atoms with Crippen LogP contribution in [0.25, 0.3) is 55.6 Å². The number of hydrogen-bond acceptors (Lipinski definition) is 3. The Labute approximate surface area is 306 Å². The molecule has 0 saturated carbocycles. The maximum Gasteiger partial charge on any atom is 0.137 e. The number of rotatable bonds is 6. The summed E-state index contributed by atoms with van der Waals surface area (Å²) in [7, 11) is 0. The number of benzene rings is 5. The Balaban J connectivity index is 1.18. The van der Waals surface area contributed by atoms with Gasteiger partial charge in [0.05, 0.1) is 22.4 Å². The van der Waals surface area contributed by atoms with Crippen LogP contribution in [0.5, 0.6) is 11.5 Å². The first kappa shape index (κ1) is 33.2. The number of hydrogen-bond donors (Lipinski definition) is 0. The molecule has 0 unspecified atom stereocenters. The lowest BCUT2D eigenvalue weighted by molar-refractivity contribution is 0.482. The first-order valence-electron chi connectivity index (χ1n) is 18.0. The van der Waals surface area contributed by atoms with E-state index in [0.717, 1.165) is 56.4 Å². The molecule has 0 N–H and O–H groups in total. The van der Waals surface area contributed by atoms with Gasteiger partial charge < -0.3 is 4.74 Å². The Bertz CT molecular complexity index is 2610. The molecule has 0 amide bonds. The van der Waals surface area contributed by atoms with Crippen LogP contribution < -0.4 is 4.74 Å². The van der Waals surface area contributed by atoms with Crippen molar-refractivity contribution >= 4 is 21.8 Å². The van der Waals surface area contributed by atoms with Gasteiger partial charge in [-0.2, -0.15) is 5.10 Å². The summed E-state index contributed by atoms with van der Waals surface area (Å²) in [6, 6.07) is 40.7. The van der Waals surface area contributed by atoms with E-state index in [1.165, 1.54) is 44.3 Å². The molecular weight excluding hydrogens is 637 g/mol. The van der Waals surface area contributed by atoms with Gasteiger partial charge in [0, 0.05) is 40.4 Å². The summed E-state index contributed by atoms with van der Waals surface area (Å²) >= 11 is 0. The van der Waals surface area contributed by atoms with Crippen LogP contribution in [0.2, 0.25) is 0 Å². The van der Waals surface area contributed by atoms with Gasteiger partial charge in [-0.25, -0.2) is 9.67 Å². The fraction of sp³-hybridized carbons (Fsp3) is 0.191. The first-order valence-corrected chi connectivity index (χ1v) is 18.0. The van der Waals surface area contributed by atoms with Crippen molar-refractivity contribution in [2.45, 2.75) is 60.8 Å². The SMILES string of the molecule is Cc1cc(Oc2ccc3c4ccccc4n(-c4cc(C(C)(C)C)ccn4)c3c2)cc(-n2nc(C)c(-c3c(C)cc(-c4ccccc4)cc3C)c2C)c1. The second kappa shape index (κ2) is 12.7. The number of aryl methyl sites for hydroxylation is 4. The fourth-order valence-electron chi connectivity index (χ4n) is 7.72. The van der Waals surface area contributed by atoms with Gasteiger partial charge in [0.1, 0.15) is 17.3 Å². The minimum absolute atomic E-state index is 0.00445. The van der Waals surface area contributed by atoms with E-state index in [9.17, 15) is 0 Å². The zero-order valence-corrected chi connectivity index (χ0v) is 31.2. The van der Waals surface area contributed by atoms with Gasteiger partial charge >= 0.3 is 0 Å². The van der Waals surface area contributed by atoms with Gasteiger partial charge in [-0.3, -0.25) is 4.57 Å². The van der Waals surface area contributed by atoms with Crippen LogP contribution in [0.3, 0.4) is 0 Å². The lowest BCUT2D eigenvalue weighted by atomic mass is 9.88. The Morgan fingerprint density at radius 2 is 1.31 bits per heavy atom. The Morgan fingerprint density at radius 3 is 2.06 bits per heavy atom. The zero-order chi connectivity index (χ0) is 36.3. The highest BCUT2D eigenvalue weighted by molar-refractivity contribution is 6.09. The van der Waals surface area contributed by atoms with Crippen molar-refractivity contribution in [2.75, 3.05) is 0 Å². The van der Waals surface area contributed by atoms with Crippen LogP contribution in [-0.4, -0.2) is 19.3 Å². The highest BCUT2D eigenvalue weighted by Crippen LogP contribution is 2.39. The molecule has 52 heavy (non-hydrogen) atoms. The van der Waals surface area contributed by atoms with Crippen molar-refractivity contribution in [3.63, 3.8) is 0 Å². The van der Waals surface area contributed by atoms with Gasteiger partial charge in [0.2, 0.25) is 0 Å². The second-order valence-corrected chi connectivity index (χ2v) is 15.1. The Hall–Kier alpha value is -5.94. The number of nitrogens with zero attached hydrogens (tertiary/aromatic N) is 4. The molecule has 8 aromatic rings. The van der Waals surface area contributed by atoms with E-state index in [-0.39, 0.29) is 5.41 Å². The maximum absolute atomic E-state index is 6.67. The second-order valence-electron chi connectivity index (χ2n) is 15.1. The van der Waals surface area contributed by atoms with E-state index >= 15 is 0 Å². The van der Waals surface area contributed by atoms with Crippen molar-refractivity contribution in [1.29, 1.82) is 0 Å². The van der Waals surface area contributed by atoms with Crippen LogP contribution in [0.1, 0.15) is 54.4 Å². The van der Waals surface area contributed by atoms with Crippen molar-refractivity contribution in [1.82, 2.24) is 19.3 Å². The summed E-state index contributed by atoms with van der Waals surface area (Å²) < 4.78 is 11.0. The van der Waals surface area contributed by atoms with E-state index in [2.05, 4.69) is 180 Å². The minimum Gasteiger partial charge on any atom is -0.457 e. The molecule has 5 nitrogen and oxygen atoms in total. The highest BCUT2D eigenvalue weighted by atomic mass is 16.5.